The summed E-state index contributed by atoms with van der Waals surface area (Å²) >= 11 is 0. The van der Waals surface area contributed by atoms with E-state index in [0.717, 1.165) is 42.3 Å². The van der Waals surface area contributed by atoms with Gasteiger partial charge in [-0.3, -0.25) is 5.10 Å². The Hall–Kier alpha value is -2.35. The van der Waals surface area contributed by atoms with Gasteiger partial charge in [-0.25, -0.2) is 4.98 Å². The van der Waals surface area contributed by atoms with Gasteiger partial charge >= 0.3 is 0 Å². The lowest BCUT2D eigenvalue weighted by atomic mass is 10.0. The van der Waals surface area contributed by atoms with Crippen LogP contribution in [0, 0.1) is 32.1 Å². The number of rotatable bonds is 1. The second-order valence-electron chi connectivity index (χ2n) is 5.31. The maximum Gasteiger partial charge on any atom is 0.129 e. The van der Waals surface area contributed by atoms with Crippen molar-refractivity contribution in [1.82, 2.24) is 15.2 Å². The van der Waals surface area contributed by atoms with E-state index in [1.165, 1.54) is 11.3 Å². The zero-order chi connectivity index (χ0) is 14.3. The number of aromatic nitrogens is 3. The van der Waals surface area contributed by atoms with Crippen LogP contribution in [0.3, 0.4) is 0 Å². The molecule has 5 heteroatoms. The van der Waals surface area contributed by atoms with Gasteiger partial charge in [-0.1, -0.05) is 0 Å². The van der Waals surface area contributed by atoms with E-state index in [0.29, 0.717) is 5.56 Å². The van der Waals surface area contributed by atoms with Crippen LogP contribution in [0.4, 0.5) is 5.82 Å². The van der Waals surface area contributed by atoms with Crippen LogP contribution in [0.25, 0.3) is 0 Å². The monoisotopic (exact) mass is 267 g/mol. The van der Waals surface area contributed by atoms with Crippen molar-refractivity contribution in [2.45, 2.75) is 33.7 Å². The number of hydrogen-bond acceptors (Lipinski definition) is 4. The molecule has 1 N–H and O–H groups in total. The zero-order valence-corrected chi connectivity index (χ0v) is 12.0. The van der Waals surface area contributed by atoms with E-state index in [2.05, 4.69) is 33.1 Å². The van der Waals surface area contributed by atoms with Gasteiger partial charge in [0.2, 0.25) is 0 Å². The van der Waals surface area contributed by atoms with Gasteiger partial charge in [-0.15, -0.1) is 0 Å². The van der Waals surface area contributed by atoms with Crippen molar-refractivity contribution < 1.29 is 0 Å². The molecule has 1 aliphatic heterocycles. The fourth-order valence-electron chi connectivity index (χ4n) is 2.77. The number of anilines is 1. The molecule has 2 aromatic rings. The first-order valence-corrected chi connectivity index (χ1v) is 6.76. The number of H-pyrrole nitrogens is 1. The highest BCUT2D eigenvalue weighted by Crippen LogP contribution is 2.26. The highest BCUT2D eigenvalue weighted by Gasteiger charge is 2.22. The number of pyridine rings is 1. The fourth-order valence-corrected chi connectivity index (χ4v) is 2.77. The lowest BCUT2D eigenvalue weighted by Gasteiger charge is -2.28. The number of nitriles is 1. The van der Waals surface area contributed by atoms with Crippen molar-refractivity contribution in [3.05, 3.63) is 39.8 Å². The topological polar surface area (TPSA) is 68.6 Å². The number of nitrogens with one attached hydrogen (secondary N) is 1. The number of nitrogens with zero attached hydrogens (tertiary/aromatic N) is 4. The summed E-state index contributed by atoms with van der Waals surface area (Å²) < 4.78 is 0. The third kappa shape index (κ3) is 1.94. The summed E-state index contributed by atoms with van der Waals surface area (Å²) in [6.45, 7) is 7.66. The number of hydrogen-bond donors (Lipinski definition) is 1. The van der Waals surface area contributed by atoms with E-state index >= 15 is 0 Å². The van der Waals surface area contributed by atoms with Gasteiger partial charge in [-0.2, -0.15) is 10.4 Å². The highest BCUT2D eigenvalue weighted by molar-refractivity contribution is 5.51. The molecule has 0 saturated carbocycles. The summed E-state index contributed by atoms with van der Waals surface area (Å²) in [4.78, 5) is 6.84. The first-order chi connectivity index (χ1) is 9.60. The van der Waals surface area contributed by atoms with E-state index in [4.69, 9.17) is 5.26 Å². The summed E-state index contributed by atoms with van der Waals surface area (Å²) in [5, 5.41) is 16.5. The zero-order valence-electron chi connectivity index (χ0n) is 12.0. The second-order valence-corrected chi connectivity index (χ2v) is 5.31. The Balaban J connectivity index is 1.96. The predicted molar refractivity (Wildman–Crippen MR) is 76.5 cm³/mol. The molecule has 0 aromatic carbocycles. The average Bonchev–Trinajstić information content (AvgIpc) is 2.79. The smallest absolute Gasteiger partial charge is 0.129 e. The molecule has 0 aliphatic carbocycles. The van der Waals surface area contributed by atoms with Gasteiger partial charge in [0, 0.05) is 30.8 Å². The molecule has 0 amide bonds. The van der Waals surface area contributed by atoms with Crippen LogP contribution in [0.2, 0.25) is 0 Å². The van der Waals surface area contributed by atoms with Crippen LogP contribution in [0.5, 0.6) is 0 Å². The quantitative estimate of drug-likeness (QED) is 0.859. The first-order valence-electron chi connectivity index (χ1n) is 6.76. The molecular weight excluding hydrogens is 250 g/mol. The minimum atomic E-state index is 0.686. The molecule has 102 valence electrons. The Morgan fingerprint density at radius 2 is 2.15 bits per heavy atom. The maximum absolute atomic E-state index is 9.12. The third-order valence-corrected chi connectivity index (χ3v) is 3.95. The average molecular weight is 267 g/mol. The molecule has 0 radical (unpaired) electrons. The van der Waals surface area contributed by atoms with E-state index in [9.17, 15) is 0 Å². The predicted octanol–water partition coefficient (Wildman–Crippen LogP) is 2.16. The molecule has 0 spiro atoms. The summed E-state index contributed by atoms with van der Waals surface area (Å²) in [6.07, 6.45) is 0.930. The Morgan fingerprint density at radius 1 is 1.35 bits per heavy atom. The number of aromatic amines is 1. The lowest BCUT2D eigenvalue weighted by Crippen LogP contribution is -2.31. The molecule has 3 rings (SSSR count). The van der Waals surface area contributed by atoms with Gasteiger partial charge in [0.05, 0.1) is 17.0 Å². The Morgan fingerprint density at radius 3 is 2.85 bits per heavy atom. The molecule has 20 heavy (non-hydrogen) atoms. The Bertz CT molecular complexity index is 685. The van der Waals surface area contributed by atoms with E-state index in [1.54, 1.807) is 0 Å². The standard InChI is InChI=1S/C15H17N5/c1-9-6-15(17-10(2)12(9)7-16)20-5-4-14-13(8-20)11(3)18-19-14/h6H,4-5,8H2,1-3H3,(H,18,19). The fraction of sp³-hybridized carbons (Fsp3) is 0.400. The molecular formula is C15H17N5. The molecule has 0 unspecified atom stereocenters. The molecule has 0 saturated heterocycles. The van der Waals surface area contributed by atoms with E-state index in [1.807, 2.05) is 19.9 Å². The summed E-state index contributed by atoms with van der Waals surface area (Å²) in [6, 6.07) is 4.22. The van der Waals surface area contributed by atoms with Gasteiger partial charge < -0.3 is 4.90 Å². The number of fused-ring (bicyclic) bond motifs is 1. The minimum Gasteiger partial charge on any atom is -0.352 e. The summed E-state index contributed by atoms with van der Waals surface area (Å²) in [7, 11) is 0. The lowest BCUT2D eigenvalue weighted by molar-refractivity contribution is 0.707. The van der Waals surface area contributed by atoms with Crippen LogP contribution < -0.4 is 4.90 Å². The van der Waals surface area contributed by atoms with E-state index in [-0.39, 0.29) is 0 Å². The molecule has 2 aromatic heterocycles. The largest absolute Gasteiger partial charge is 0.352 e. The van der Waals surface area contributed by atoms with Crippen molar-refractivity contribution in [2.75, 3.05) is 11.4 Å². The summed E-state index contributed by atoms with van der Waals surface area (Å²) in [5.74, 6) is 0.949. The molecule has 1 aliphatic rings. The Labute approximate surface area is 118 Å². The highest BCUT2D eigenvalue weighted by atomic mass is 15.2. The van der Waals surface area contributed by atoms with Crippen LogP contribution in [0.1, 0.15) is 33.8 Å². The second kappa shape index (κ2) is 4.64. The van der Waals surface area contributed by atoms with Crippen molar-refractivity contribution in [3.8, 4) is 6.07 Å². The Kier molecular flexibility index (Phi) is 2.94. The number of aryl methyl sites for hydroxylation is 3. The van der Waals surface area contributed by atoms with Crippen LogP contribution >= 0.6 is 0 Å². The summed E-state index contributed by atoms with van der Waals surface area (Å²) in [5.41, 5.74) is 6.05. The van der Waals surface area contributed by atoms with Gasteiger partial charge in [-0.05, 0) is 32.4 Å². The van der Waals surface area contributed by atoms with Crippen LogP contribution in [-0.4, -0.2) is 21.7 Å². The normalized spacial score (nSPS) is 14.0. The van der Waals surface area contributed by atoms with Crippen molar-refractivity contribution >= 4 is 5.82 Å². The molecule has 0 fully saturated rings. The van der Waals surface area contributed by atoms with Gasteiger partial charge in [0.1, 0.15) is 11.9 Å². The van der Waals surface area contributed by atoms with E-state index < -0.39 is 0 Å². The SMILES string of the molecule is Cc1cc(N2CCc3n[nH]c(C)c3C2)nc(C)c1C#N. The third-order valence-electron chi connectivity index (χ3n) is 3.95. The van der Waals surface area contributed by atoms with Crippen LogP contribution in [-0.2, 0) is 13.0 Å². The minimum absolute atomic E-state index is 0.686. The van der Waals surface area contributed by atoms with Crippen molar-refractivity contribution in [2.24, 2.45) is 0 Å². The van der Waals surface area contributed by atoms with Crippen LogP contribution in [0.15, 0.2) is 6.07 Å². The maximum atomic E-state index is 9.12. The molecule has 0 atom stereocenters. The molecule has 5 nitrogen and oxygen atoms in total. The van der Waals surface area contributed by atoms with Gasteiger partial charge in [0.15, 0.2) is 0 Å². The molecule has 0 bridgehead atoms. The van der Waals surface area contributed by atoms with Crippen molar-refractivity contribution in [1.29, 1.82) is 5.26 Å². The molecule has 3 heterocycles. The first kappa shape index (κ1) is 12.7. The van der Waals surface area contributed by atoms with Gasteiger partial charge in [0.25, 0.3) is 0 Å². The van der Waals surface area contributed by atoms with Crippen molar-refractivity contribution in [3.63, 3.8) is 0 Å².